The van der Waals surface area contributed by atoms with Gasteiger partial charge in [0.1, 0.15) is 23.4 Å². The Morgan fingerprint density at radius 2 is 0.923 bits per heavy atom. The fourth-order valence-electron chi connectivity index (χ4n) is 5.78. The lowest BCUT2D eigenvalue weighted by molar-refractivity contribution is -0.136. The van der Waals surface area contributed by atoms with E-state index in [9.17, 15) is 5.11 Å². The number of hydrogen-bond donors (Lipinski definition) is 1. The van der Waals surface area contributed by atoms with Crippen LogP contribution in [-0.4, -0.2) is 45.3 Å². The van der Waals surface area contributed by atoms with Gasteiger partial charge in [-0.1, -0.05) is 133 Å². The van der Waals surface area contributed by atoms with E-state index in [2.05, 4.69) is 0 Å². The Kier molecular flexibility index (Phi) is 8.41. The molecular formula is C33H33BO5. The van der Waals surface area contributed by atoms with Crippen LogP contribution in [0.2, 0.25) is 0 Å². The number of hydrogen-bond acceptors (Lipinski definition) is 5. The molecular weight excluding hydrogens is 487 g/mol. The summed E-state index contributed by atoms with van der Waals surface area (Å²) in [6, 6.07) is 40.3. The summed E-state index contributed by atoms with van der Waals surface area (Å²) in [4.78, 5) is 0. The standard InChI is InChI=1S/C33H33BO5/c1-36-32(26-16-7-3-8-17-26,27-18-9-4-10-19-27)30-31(39-34(38-30)24-15-25-35)33(37-2,28-20-11-5-12-21-28)29-22-13-6-14-23-29/h3-24,30-31,35H,25H2,1-2H3/b24-15-/t30-,31-/m1/s1. The Balaban J connectivity index is 1.80. The van der Waals surface area contributed by atoms with Gasteiger partial charge in [0.15, 0.2) is 0 Å². The predicted molar refractivity (Wildman–Crippen MR) is 153 cm³/mol. The first-order valence-corrected chi connectivity index (χ1v) is 13.1. The zero-order valence-electron chi connectivity index (χ0n) is 22.2. The van der Waals surface area contributed by atoms with Crippen LogP contribution in [0.3, 0.4) is 0 Å². The van der Waals surface area contributed by atoms with Crippen molar-refractivity contribution in [1.29, 1.82) is 0 Å². The molecule has 0 unspecified atom stereocenters. The molecule has 0 amide bonds. The predicted octanol–water partition coefficient (Wildman–Crippen LogP) is 5.53. The highest BCUT2D eigenvalue weighted by Crippen LogP contribution is 2.50. The van der Waals surface area contributed by atoms with Crippen LogP contribution in [0, 0.1) is 0 Å². The zero-order chi connectivity index (χ0) is 27.1. The van der Waals surface area contributed by atoms with Gasteiger partial charge < -0.3 is 23.9 Å². The maximum atomic E-state index is 9.54. The molecule has 1 N–H and O–H groups in total. The zero-order valence-corrected chi connectivity index (χ0v) is 22.2. The van der Waals surface area contributed by atoms with E-state index in [1.54, 1.807) is 26.3 Å². The molecule has 0 bridgehead atoms. The van der Waals surface area contributed by atoms with E-state index in [-0.39, 0.29) is 6.61 Å². The number of aliphatic hydroxyl groups is 1. The second-order valence-corrected chi connectivity index (χ2v) is 9.44. The molecule has 2 atom stereocenters. The molecule has 6 heteroatoms. The van der Waals surface area contributed by atoms with E-state index in [0.717, 1.165) is 22.3 Å². The first-order valence-electron chi connectivity index (χ1n) is 13.1. The smallest absolute Gasteiger partial charge is 0.398 e. The highest BCUT2D eigenvalue weighted by atomic mass is 16.7. The van der Waals surface area contributed by atoms with Crippen molar-refractivity contribution in [3.63, 3.8) is 0 Å². The molecule has 5 rings (SSSR count). The summed E-state index contributed by atoms with van der Waals surface area (Å²) in [5.74, 6) is 1.74. The van der Waals surface area contributed by atoms with Gasteiger partial charge in [-0.3, -0.25) is 0 Å². The summed E-state index contributed by atoms with van der Waals surface area (Å²) >= 11 is 0. The van der Waals surface area contributed by atoms with Crippen LogP contribution >= 0.6 is 0 Å². The van der Waals surface area contributed by atoms with Gasteiger partial charge in [-0.2, -0.15) is 0 Å². The van der Waals surface area contributed by atoms with Crippen molar-refractivity contribution in [3.05, 3.63) is 156 Å². The normalized spacial score (nSPS) is 18.1. The molecule has 4 aromatic rings. The van der Waals surface area contributed by atoms with Crippen molar-refractivity contribution in [2.75, 3.05) is 20.8 Å². The first-order chi connectivity index (χ1) is 19.2. The van der Waals surface area contributed by atoms with Crippen molar-refractivity contribution in [1.82, 2.24) is 0 Å². The fraction of sp³-hybridized carbons (Fsp3) is 0.212. The molecule has 1 fully saturated rings. The number of benzene rings is 4. The molecule has 5 nitrogen and oxygen atoms in total. The lowest BCUT2D eigenvalue weighted by Gasteiger charge is -2.46. The molecule has 0 aliphatic carbocycles. The third kappa shape index (κ3) is 4.87. The van der Waals surface area contributed by atoms with Crippen LogP contribution in [0.1, 0.15) is 22.3 Å². The molecule has 198 valence electrons. The van der Waals surface area contributed by atoms with Gasteiger partial charge in [-0.25, -0.2) is 0 Å². The summed E-state index contributed by atoms with van der Waals surface area (Å²) < 4.78 is 26.6. The molecule has 39 heavy (non-hydrogen) atoms. The van der Waals surface area contributed by atoms with Gasteiger partial charge in [0.25, 0.3) is 0 Å². The quantitative estimate of drug-likeness (QED) is 0.279. The molecule has 0 radical (unpaired) electrons. The van der Waals surface area contributed by atoms with Crippen molar-refractivity contribution in [3.8, 4) is 0 Å². The maximum Gasteiger partial charge on any atom is 0.486 e. The summed E-state index contributed by atoms with van der Waals surface area (Å²) in [5, 5.41) is 9.54. The lowest BCUT2D eigenvalue weighted by Crippen LogP contribution is -2.56. The molecule has 0 aromatic heterocycles. The molecule has 0 spiro atoms. The van der Waals surface area contributed by atoms with Crippen LogP contribution in [0.15, 0.2) is 133 Å². The summed E-state index contributed by atoms with van der Waals surface area (Å²) in [6.07, 6.45) is 0.297. The Morgan fingerprint density at radius 3 is 1.18 bits per heavy atom. The average Bonchev–Trinajstić information content (AvgIpc) is 3.44. The summed E-state index contributed by atoms with van der Waals surface area (Å²) in [6.45, 7) is -0.127. The molecule has 1 heterocycles. The Labute approximate surface area is 230 Å². The topological polar surface area (TPSA) is 57.2 Å². The van der Waals surface area contributed by atoms with Gasteiger partial charge in [0, 0.05) is 14.2 Å². The number of ether oxygens (including phenoxy) is 2. The highest BCUT2D eigenvalue weighted by Gasteiger charge is 2.61. The minimum absolute atomic E-state index is 0.127. The van der Waals surface area contributed by atoms with E-state index in [1.165, 1.54) is 0 Å². The number of aliphatic hydroxyl groups excluding tert-OH is 1. The molecule has 4 aromatic carbocycles. The van der Waals surface area contributed by atoms with E-state index < -0.39 is 30.5 Å². The van der Waals surface area contributed by atoms with Crippen LogP contribution in [0.4, 0.5) is 0 Å². The van der Waals surface area contributed by atoms with Crippen molar-refractivity contribution in [2.24, 2.45) is 0 Å². The van der Waals surface area contributed by atoms with Gasteiger partial charge >= 0.3 is 7.12 Å². The monoisotopic (exact) mass is 520 g/mol. The summed E-state index contributed by atoms with van der Waals surface area (Å²) in [5.41, 5.74) is 1.60. The van der Waals surface area contributed by atoms with E-state index in [4.69, 9.17) is 18.8 Å². The Hall–Kier alpha value is -3.52. The van der Waals surface area contributed by atoms with E-state index in [0.29, 0.717) is 0 Å². The van der Waals surface area contributed by atoms with Gasteiger partial charge in [-0.15, -0.1) is 0 Å². The number of rotatable bonds is 10. The Morgan fingerprint density at radius 1 is 0.615 bits per heavy atom. The minimum Gasteiger partial charge on any atom is -0.398 e. The highest BCUT2D eigenvalue weighted by molar-refractivity contribution is 6.51. The lowest BCUT2D eigenvalue weighted by atomic mass is 9.71. The van der Waals surface area contributed by atoms with Crippen molar-refractivity contribution >= 4 is 7.12 Å². The van der Waals surface area contributed by atoms with Crippen LogP contribution in [-0.2, 0) is 30.0 Å². The van der Waals surface area contributed by atoms with Gasteiger partial charge in [0.2, 0.25) is 0 Å². The van der Waals surface area contributed by atoms with Crippen LogP contribution in [0.25, 0.3) is 0 Å². The summed E-state index contributed by atoms with van der Waals surface area (Å²) in [7, 11) is 2.67. The maximum absolute atomic E-state index is 9.54. The van der Waals surface area contributed by atoms with Crippen molar-refractivity contribution in [2.45, 2.75) is 23.4 Å². The number of methoxy groups -OCH3 is 2. The largest absolute Gasteiger partial charge is 0.486 e. The van der Waals surface area contributed by atoms with Crippen molar-refractivity contribution < 1.29 is 23.9 Å². The molecule has 0 saturated carbocycles. The fourth-order valence-corrected chi connectivity index (χ4v) is 5.78. The second kappa shape index (κ2) is 12.1. The third-order valence-electron chi connectivity index (χ3n) is 7.49. The molecule has 1 saturated heterocycles. The van der Waals surface area contributed by atoms with E-state index in [1.807, 2.05) is 121 Å². The first kappa shape index (κ1) is 27.1. The Bertz CT molecular complexity index is 1150. The third-order valence-corrected chi connectivity index (χ3v) is 7.49. The second-order valence-electron chi connectivity index (χ2n) is 9.44. The molecule has 1 aliphatic heterocycles. The molecule has 1 aliphatic rings. The van der Waals surface area contributed by atoms with Gasteiger partial charge in [-0.05, 0) is 22.3 Å². The van der Waals surface area contributed by atoms with Crippen LogP contribution < -0.4 is 0 Å². The SMILES string of the molecule is COC(c1ccccc1)(c1ccccc1)[C@@H]1OB(/C=C\CO)O[C@H]1C(OC)(c1ccccc1)c1ccccc1. The van der Waals surface area contributed by atoms with E-state index >= 15 is 0 Å². The van der Waals surface area contributed by atoms with Gasteiger partial charge in [0.05, 0.1) is 6.61 Å². The average molecular weight is 520 g/mol. The van der Waals surface area contributed by atoms with Crippen LogP contribution in [0.5, 0.6) is 0 Å². The minimum atomic E-state index is -1.05.